The number of aromatic nitrogens is 1. The number of rotatable bonds is 3. The Morgan fingerprint density at radius 3 is 2.58 bits per heavy atom. The summed E-state index contributed by atoms with van der Waals surface area (Å²) in [6.07, 6.45) is -2.20. The fraction of sp³-hybridized carbons (Fsp3) is 0.357. The fourth-order valence-corrected chi connectivity index (χ4v) is 2.26. The first-order valence-corrected chi connectivity index (χ1v) is 6.16. The van der Waals surface area contributed by atoms with Gasteiger partial charge >= 0.3 is 6.18 Å². The van der Waals surface area contributed by atoms with Gasteiger partial charge in [-0.05, 0) is 24.5 Å². The second kappa shape index (κ2) is 4.20. The highest BCUT2D eigenvalue weighted by Crippen LogP contribution is 2.49. The van der Waals surface area contributed by atoms with Gasteiger partial charge in [0.1, 0.15) is 5.54 Å². The number of halogens is 3. The lowest BCUT2D eigenvalue weighted by Crippen LogP contribution is -2.44. The molecule has 0 atom stereocenters. The lowest BCUT2D eigenvalue weighted by molar-refractivity contribution is -0.166. The summed E-state index contributed by atoms with van der Waals surface area (Å²) in [5, 5.41) is 3.60. The zero-order valence-corrected chi connectivity index (χ0v) is 10.2. The minimum Gasteiger partial charge on any atom is -0.299 e. The first kappa shape index (κ1) is 12.4. The number of benzene rings is 1. The minimum absolute atomic E-state index is 0.161. The van der Waals surface area contributed by atoms with Gasteiger partial charge in [0.15, 0.2) is 0 Å². The first-order valence-electron chi connectivity index (χ1n) is 6.16. The summed E-state index contributed by atoms with van der Waals surface area (Å²) in [5.74, 6) is 0. The van der Waals surface area contributed by atoms with Crippen molar-refractivity contribution < 1.29 is 13.2 Å². The number of nitrogens with zero attached hydrogens (tertiary/aromatic N) is 1. The molecule has 0 saturated heterocycles. The van der Waals surface area contributed by atoms with Crippen LogP contribution >= 0.6 is 0 Å². The molecule has 0 unspecified atom stereocenters. The van der Waals surface area contributed by atoms with E-state index in [9.17, 15) is 13.2 Å². The standard InChI is InChI=1S/C14H13F3N2/c15-14(16,17)13(6-7-13)19-9-11-4-1-3-10-5-2-8-18-12(10)11/h1-5,8,19H,6-7,9H2. The number of hydrogen-bond donors (Lipinski definition) is 1. The smallest absolute Gasteiger partial charge is 0.299 e. The maximum atomic E-state index is 12.8. The average molecular weight is 266 g/mol. The molecule has 2 nitrogen and oxygen atoms in total. The maximum absolute atomic E-state index is 12.8. The van der Waals surface area contributed by atoms with Crippen LogP contribution in [0, 0.1) is 0 Å². The van der Waals surface area contributed by atoms with Gasteiger partial charge in [0.05, 0.1) is 5.52 Å². The van der Waals surface area contributed by atoms with Crippen LogP contribution in [0.2, 0.25) is 0 Å². The van der Waals surface area contributed by atoms with Crippen LogP contribution in [0.1, 0.15) is 18.4 Å². The third-order valence-electron chi connectivity index (χ3n) is 3.63. The maximum Gasteiger partial charge on any atom is 0.406 e. The van der Waals surface area contributed by atoms with Crippen LogP contribution in [-0.2, 0) is 6.54 Å². The van der Waals surface area contributed by atoms with E-state index in [1.807, 2.05) is 30.3 Å². The van der Waals surface area contributed by atoms with Crippen LogP contribution in [0.5, 0.6) is 0 Å². The Labute approximate surface area is 108 Å². The van der Waals surface area contributed by atoms with Gasteiger partial charge in [-0.2, -0.15) is 13.2 Å². The molecular weight excluding hydrogens is 253 g/mol. The molecule has 1 saturated carbocycles. The molecule has 0 radical (unpaired) electrons. The molecule has 0 bridgehead atoms. The molecule has 0 aliphatic heterocycles. The topological polar surface area (TPSA) is 24.9 Å². The van der Waals surface area contributed by atoms with Crippen LogP contribution in [0.3, 0.4) is 0 Å². The third kappa shape index (κ3) is 2.18. The SMILES string of the molecule is FC(F)(F)C1(NCc2cccc3cccnc23)CC1. The summed E-state index contributed by atoms with van der Waals surface area (Å²) in [5.41, 5.74) is -0.117. The van der Waals surface area contributed by atoms with Crippen molar-refractivity contribution in [3.8, 4) is 0 Å². The van der Waals surface area contributed by atoms with E-state index in [1.54, 1.807) is 6.20 Å². The van der Waals surface area contributed by atoms with Crippen molar-refractivity contribution in [2.24, 2.45) is 0 Å². The largest absolute Gasteiger partial charge is 0.406 e. The minimum atomic E-state index is -4.18. The van der Waals surface area contributed by atoms with Crippen molar-refractivity contribution >= 4 is 10.9 Å². The molecule has 1 aromatic heterocycles. The molecule has 1 aromatic carbocycles. The van der Waals surface area contributed by atoms with E-state index in [2.05, 4.69) is 10.3 Å². The Hall–Kier alpha value is -1.62. The van der Waals surface area contributed by atoms with E-state index >= 15 is 0 Å². The van der Waals surface area contributed by atoms with Crippen LogP contribution in [0.15, 0.2) is 36.5 Å². The summed E-state index contributed by atoms with van der Waals surface area (Å²) >= 11 is 0. The fourth-order valence-electron chi connectivity index (χ4n) is 2.26. The Kier molecular flexibility index (Phi) is 2.74. The van der Waals surface area contributed by atoms with Gasteiger partial charge in [0, 0.05) is 18.1 Å². The van der Waals surface area contributed by atoms with Crippen LogP contribution in [0.4, 0.5) is 13.2 Å². The Morgan fingerprint density at radius 1 is 1.16 bits per heavy atom. The molecule has 0 amide bonds. The predicted molar refractivity (Wildman–Crippen MR) is 66.6 cm³/mol. The quantitative estimate of drug-likeness (QED) is 0.920. The van der Waals surface area contributed by atoms with Gasteiger partial charge in [-0.1, -0.05) is 24.3 Å². The van der Waals surface area contributed by atoms with Gasteiger partial charge in [0.25, 0.3) is 0 Å². The highest BCUT2D eigenvalue weighted by Gasteiger charge is 2.62. The zero-order chi connectivity index (χ0) is 13.5. The van der Waals surface area contributed by atoms with Crippen LogP contribution in [-0.4, -0.2) is 16.7 Å². The number of para-hydroxylation sites is 1. The van der Waals surface area contributed by atoms with Gasteiger partial charge < -0.3 is 0 Å². The monoisotopic (exact) mass is 266 g/mol. The molecule has 3 rings (SSSR count). The van der Waals surface area contributed by atoms with E-state index < -0.39 is 11.7 Å². The van der Waals surface area contributed by atoms with Crippen molar-refractivity contribution in [3.05, 3.63) is 42.1 Å². The highest BCUT2D eigenvalue weighted by molar-refractivity contribution is 5.81. The molecule has 1 aliphatic rings. The molecule has 19 heavy (non-hydrogen) atoms. The van der Waals surface area contributed by atoms with Crippen molar-refractivity contribution in [1.82, 2.24) is 10.3 Å². The summed E-state index contributed by atoms with van der Waals surface area (Å²) in [4.78, 5) is 4.24. The van der Waals surface area contributed by atoms with Crippen LogP contribution in [0.25, 0.3) is 10.9 Å². The van der Waals surface area contributed by atoms with E-state index in [0.29, 0.717) is 0 Å². The lowest BCUT2D eigenvalue weighted by atomic mass is 10.1. The van der Waals surface area contributed by atoms with Crippen LogP contribution < -0.4 is 5.32 Å². The molecular formula is C14H13F3N2. The number of alkyl halides is 3. The normalized spacial score (nSPS) is 17.6. The molecule has 1 aliphatic carbocycles. The summed E-state index contributed by atoms with van der Waals surface area (Å²) in [6, 6.07) is 9.28. The third-order valence-corrected chi connectivity index (χ3v) is 3.63. The van der Waals surface area contributed by atoms with Gasteiger partial charge in [-0.25, -0.2) is 0 Å². The Balaban J connectivity index is 1.83. The van der Waals surface area contributed by atoms with Gasteiger partial charge in [0.2, 0.25) is 0 Å². The second-order valence-corrected chi connectivity index (χ2v) is 4.93. The Bertz CT molecular complexity index is 598. The summed E-state index contributed by atoms with van der Waals surface area (Å²) < 4.78 is 38.5. The summed E-state index contributed by atoms with van der Waals surface area (Å²) in [6.45, 7) is 0.188. The van der Waals surface area contributed by atoms with E-state index in [-0.39, 0.29) is 19.4 Å². The number of hydrogen-bond acceptors (Lipinski definition) is 2. The van der Waals surface area contributed by atoms with Crippen molar-refractivity contribution in [2.75, 3.05) is 0 Å². The number of nitrogens with one attached hydrogen (secondary N) is 1. The van der Waals surface area contributed by atoms with Gasteiger partial charge in [-0.15, -0.1) is 0 Å². The average Bonchev–Trinajstić information content (AvgIpc) is 3.17. The first-order chi connectivity index (χ1) is 9.02. The van der Waals surface area contributed by atoms with E-state index in [4.69, 9.17) is 0 Å². The van der Waals surface area contributed by atoms with E-state index in [0.717, 1.165) is 16.5 Å². The van der Waals surface area contributed by atoms with Crippen molar-refractivity contribution in [2.45, 2.75) is 31.1 Å². The molecule has 0 spiro atoms. The second-order valence-electron chi connectivity index (χ2n) is 4.93. The number of fused-ring (bicyclic) bond motifs is 1. The number of pyridine rings is 1. The molecule has 1 N–H and O–H groups in total. The van der Waals surface area contributed by atoms with Crippen molar-refractivity contribution in [3.63, 3.8) is 0 Å². The molecule has 1 heterocycles. The van der Waals surface area contributed by atoms with Crippen molar-refractivity contribution in [1.29, 1.82) is 0 Å². The predicted octanol–water partition coefficient (Wildman–Crippen LogP) is 3.42. The molecule has 100 valence electrons. The zero-order valence-electron chi connectivity index (χ0n) is 10.2. The lowest BCUT2D eigenvalue weighted by Gasteiger charge is -2.21. The highest BCUT2D eigenvalue weighted by atomic mass is 19.4. The summed E-state index contributed by atoms with van der Waals surface area (Å²) in [7, 11) is 0. The Morgan fingerprint density at radius 2 is 1.89 bits per heavy atom. The molecule has 1 fully saturated rings. The molecule has 2 aromatic rings. The molecule has 5 heteroatoms. The van der Waals surface area contributed by atoms with Gasteiger partial charge in [-0.3, -0.25) is 10.3 Å². The van der Waals surface area contributed by atoms with E-state index in [1.165, 1.54) is 0 Å².